The fourth-order valence-corrected chi connectivity index (χ4v) is 3.18. The summed E-state index contributed by atoms with van der Waals surface area (Å²) in [5.74, 6) is 1.01. The van der Waals surface area contributed by atoms with E-state index in [1.54, 1.807) is 22.9 Å². The molecule has 0 saturated heterocycles. The lowest BCUT2D eigenvalue weighted by molar-refractivity contribution is 0.0956. The Bertz CT molecular complexity index is 913. The number of halogens is 1. The highest BCUT2D eigenvalue weighted by Gasteiger charge is 2.40. The molecule has 3 heterocycles. The average molecular weight is 344 g/mol. The van der Waals surface area contributed by atoms with Crippen LogP contribution in [0.4, 0.5) is 0 Å². The lowest BCUT2D eigenvalue weighted by atomic mass is 9.75. The zero-order chi connectivity index (χ0) is 16.9. The highest BCUT2D eigenvalue weighted by atomic mass is 35.5. The number of fused-ring (bicyclic) bond motifs is 1. The van der Waals surface area contributed by atoms with Gasteiger partial charge in [0.1, 0.15) is 5.69 Å². The normalized spacial score (nSPS) is 16.2. The Morgan fingerprint density at radius 2 is 2.08 bits per heavy atom. The van der Waals surface area contributed by atoms with Gasteiger partial charge >= 0.3 is 0 Å². The van der Waals surface area contributed by atoms with Gasteiger partial charge in [-0.2, -0.15) is 5.10 Å². The molecule has 1 aliphatic rings. The van der Waals surface area contributed by atoms with E-state index in [2.05, 4.69) is 34.3 Å². The minimum absolute atomic E-state index is 0.0453. The molecule has 0 unspecified atom stereocenters. The van der Waals surface area contributed by atoms with E-state index in [0.717, 1.165) is 12.1 Å². The van der Waals surface area contributed by atoms with E-state index in [1.807, 2.05) is 0 Å². The fraction of sp³-hybridized carbons (Fsp3) is 0.312. The fourth-order valence-electron chi connectivity index (χ4n) is 3.07. The Morgan fingerprint density at radius 3 is 2.75 bits per heavy atom. The molecular weight excluding hydrogens is 330 g/mol. The summed E-state index contributed by atoms with van der Waals surface area (Å²) in [6, 6.07) is 5.06. The standard InChI is InChI=1S/C16H14ClN5O2/c1-16(2)7-5-9(23)13-14(10-6-8-18-24-10)21-22(15(13)16)12-4-3-11(17)19-20-12/h3-4,6,8H,5,7H2,1-2H3. The van der Waals surface area contributed by atoms with Crippen molar-refractivity contribution in [2.45, 2.75) is 32.1 Å². The summed E-state index contributed by atoms with van der Waals surface area (Å²) in [6.07, 6.45) is 2.74. The number of aromatic nitrogens is 5. The molecule has 0 aromatic carbocycles. The first kappa shape index (κ1) is 15.0. The highest BCUT2D eigenvalue weighted by Crippen LogP contribution is 2.41. The second-order valence-corrected chi connectivity index (χ2v) is 6.77. The molecule has 0 spiro atoms. The van der Waals surface area contributed by atoms with Gasteiger partial charge in [0, 0.05) is 17.9 Å². The van der Waals surface area contributed by atoms with Gasteiger partial charge in [0.25, 0.3) is 0 Å². The molecule has 0 bridgehead atoms. The van der Waals surface area contributed by atoms with Gasteiger partial charge in [-0.25, -0.2) is 4.68 Å². The van der Waals surface area contributed by atoms with Gasteiger partial charge < -0.3 is 4.52 Å². The molecule has 3 aromatic heterocycles. The number of hydrogen-bond donors (Lipinski definition) is 0. The lowest BCUT2D eigenvalue weighted by Crippen LogP contribution is -2.29. The monoisotopic (exact) mass is 343 g/mol. The second-order valence-electron chi connectivity index (χ2n) is 6.38. The maximum atomic E-state index is 12.6. The van der Waals surface area contributed by atoms with E-state index >= 15 is 0 Å². The zero-order valence-electron chi connectivity index (χ0n) is 13.2. The summed E-state index contributed by atoms with van der Waals surface area (Å²) < 4.78 is 6.90. The zero-order valence-corrected chi connectivity index (χ0v) is 13.9. The van der Waals surface area contributed by atoms with Crippen molar-refractivity contribution in [3.05, 3.63) is 40.8 Å². The number of carbonyl (C=O) groups excluding carboxylic acids is 1. The van der Waals surface area contributed by atoms with E-state index in [9.17, 15) is 4.79 Å². The molecule has 0 amide bonds. The van der Waals surface area contributed by atoms with Crippen LogP contribution in [-0.2, 0) is 5.41 Å². The van der Waals surface area contributed by atoms with Crippen LogP contribution in [0.25, 0.3) is 17.3 Å². The van der Waals surface area contributed by atoms with E-state index in [-0.39, 0.29) is 11.2 Å². The third-order valence-corrected chi connectivity index (χ3v) is 4.49. The van der Waals surface area contributed by atoms with E-state index in [4.69, 9.17) is 16.1 Å². The molecule has 122 valence electrons. The molecule has 0 N–H and O–H groups in total. The molecular formula is C16H14ClN5O2. The van der Waals surface area contributed by atoms with Gasteiger partial charge in [-0.05, 0) is 18.6 Å². The minimum atomic E-state index is -0.240. The van der Waals surface area contributed by atoms with Crippen molar-refractivity contribution in [3.8, 4) is 17.3 Å². The van der Waals surface area contributed by atoms with Crippen LogP contribution in [0.1, 0.15) is 42.7 Å². The first-order chi connectivity index (χ1) is 11.5. The van der Waals surface area contributed by atoms with Gasteiger partial charge in [-0.3, -0.25) is 4.79 Å². The van der Waals surface area contributed by atoms with Crippen molar-refractivity contribution in [2.75, 3.05) is 0 Å². The number of ketones is 1. The van der Waals surface area contributed by atoms with Crippen LogP contribution in [0.3, 0.4) is 0 Å². The van der Waals surface area contributed by atoms with Crippen LogP contribution >= 0.6 is 11.6 Å². The maximum Gasteiger partial charge on any atom is 0.187 e. The summed E-state index contributed by atoms with van der Waals surface area (Å²) in [5, 5.41) is 16.6. The molecule has 8 heteroatoms. The lowest BCUT2D eigenvalue weighted by Gasteiger charge is -2.30. The molecule has 0 saturated carbocycles. The highest BCUT2D eigenvalue weighted by molar-refractivity contribution is 6.29. The van der Waals surface area contributed by atoms with E-state index < -0.39 is 0 Å². The topological polar surface area (TPSA) is 86.7 Å². The predicted molar refractivity (Wildman–Crippen MR) is 86.3 cm³/mol. The molecule has 1 aliphatic carbocycles. The molecule has 7 nitrogen and oxygen atoms in total. The van der Waals surface area contributed by atoms with Crippen LogP contribution in [0, 0.1) is 0 Å². The smallest absolute Gasteiger partial charge is 0.187 e. The van der Waals surface area contributed by atoms with Crippen molar-refractivity contribution in [1.82, 2.24) is 25.1 Å². The van der Waals surface area contributed by atoms with Gasteiger partial charge in [-0.15, -0.1) is 10.2 Å². The molecule has 0 atom stereocenters. The Morgan fingerprint density at radius 1 is 1.25 bits per heavy atom. The van der Waals surface area contributed by atoms with Crippen LogP contribution in [0.5, 0.6) is 0 Å². The maximum absolute atomic E-state index is 12.6. The largest absolute Gasteiger partial charge is 0.355 e. The molecule has 24 heavy (non-hydrogen) atoms. The van der Waals surface area contributed by atoms with Crippen molar-refractivity contribution in [3.63, 3.8) is 0 Å². The minimum Gasteiger partial charge on any atom is -0.355 e. The number of Topliss-reactive ketones (excluding diaryl/α,β-unsaturated/α-hetero) is 1. The van der Waals surface area contributed by atoms with Gasteiger partial charge in [-0.1, -0.05) is 30.6 Å². The average Bonchev–Trinajstić information content (AvgIpc) is 3.20. The number of hydrogen-bond acceptors (Lipinski definition) is 6. The number of rotatable bonds is 2. The van der Waals surface area contributed by atoms with Gasteiger partial charge in [0.2, 0.25) is 0 Å². The molecule has 0 fully saturated rings. The van der Waals surface area contributed by atoms with Crippen molar-refractivity contribution >= 4 is 17.4 Å². The predicted octanol–water partition coefficient (Wildman–Crippen LogP) is 3.22. The summed E-state index contributed by atoms with van der Waals surface area (Å²) >= 11 is 5.83. The summed E-state index contributed by atoms with van der Waals surface area (Å²) in [7, 11) is 0. The van der Waals surface area contributed by atoms with Crippen LogP contribution in [0.2, 0.25) is 5.15 Å². The molecule has 4 rings (SSSR count). The van der Waals surface area contributed by atoms with E-state index in [0.29, 0.717) is 34.4 Å². The van der Waals surface area contributed by atoms with Gasteiger partial charge in [0.05, 0.1) is 17.5 Å². The Labute approximate surface area is 142 Å². The first-order valence-electron chi connectivity index (χ1n) is 7.55. The molecule has 0 radical (unpaired) electrons. The third-order valence-electron chi connectivity index (χ3n) is 4.29. The summed E-state index contributed by atoms with van der Waals surface area (Å²) in [6.45, 7) is 4.17. The summed E-state index contributed by atoms with van der Waals surface area (Å²) in [5.41, 5.74) is 1.62. The van der Waals surface area contributed by atoms with Crippen LogP contribution in [0.15, 0.2) is 28.9 Å². The Balaban J connectivity index is 2.02. The van der Waals surface area contributed by atoms with Crippen molar-refractivity contribution in [2.24, 2.45) is 0 Å². The third kappa shape index (κ3) is 2.24. The quantitative estimate of drug-likeness (QED) is 0.710. The van der Waals surface area contributed by atoms with Crippen molar-refractivity contribution < 1.29 is 9.32 Å². The Kier molecular flexibility index (Phi) is 3.28. The molecule has 0 aliphatic heterocycles. The van der Waals surface area contributed by atoms with E-state index in [1.165, 1.54) is 6.20 Å². The number of nitrogens with zero attached hydrogens (tertiary/aromatic N) is 5. The van der Waals surface area contributed by atoms with Gasteiger partial charge in [0.15, 0.2) is 22.5 Å². The first-order valence-corrected chi connectivity index (χ1v) is 7.92. The van der Waals surface area contributed by atoms with Crippen molar-refractivity contribution in [1.29, 1.82) is 0 Å². The summed E-state index contributed by atoms with van der Waals surface area (Å²) in [4.78, 5) is 12.6. The van der Waals surface area contributed by atoms with Crippen LogP contribution < -0.4 is 0 Å². The Hall–Kier alpha value is -2.54. The molecule has 3 aromatic rings. The SMILES string of the molecule is CC1(C)CCC(=O)c2c(-c3ccno3)nn(-c3ccc(Cl)nn3)c21. The second kappa shape index (κ2) is 5.24. The number of carbonyl (C=O) groups is 1. The van der Waals surface area contributed by atoms with Crippen LogP contribution in [-0.4, -0.2) is 30.9 Å².